The Hall–Kier alpha value is -0.710. The molecule has 0 unspecified atom stereocenters. The Labute approximate surface area is 135 Å². The van der Waals surface area contributed by atoms with Gasteiger partial charge in [0.25, 0.3) is 0 Å². The van der Waals surface area contributed by atoms with Crippen molar-refractivity contribution in [1.29, 1.82) is 0 Å². The number of nitrogens with one attached hydrogen (secondary N) is 1. The van der Waals surface area contributed by atoms with E-state index in [1.54, 1.807) is 0 Å². The Morgan fingerprint density at radius 1 is 1.29 bits per heavy atom. The summed E-state index contributed by atoms with van der Waals surface area (Å²) in [7, 11) is 0. The highest BCUT2D eigenvalue weighted by atomic mass is 35.5. The summed E-state index contributed by atoms with van der Waals surface area (Å²) in [5, 5.41) is 4.18. The van der Waals surface area contributed by atoms with E-state index < -0.39 is 0 Å². The zero-order chi connectivity index (χ0) is 14.7. The molecule has 0 saturated carbocycles. The molecule has 0 radical (unpaired) electrons. The van der Waals surface area contributed by atoms with Crippen molar-refractivity contribution < 1.29 is 4.79 Å². The summed E-state index contributed by atoms with van der Waals surface area (Å²) in [6.07, 6.45) is 3.55. The van der Waals surface area contributed by atoms with Crippen LogP contribution in [0.3, 0.4) is 0 Å². The number of halogens is 1. The number of likely N-dealkylation sites (tertiary alicyclic amines) is 1. The van der Waals surface area contributed by atoms with Crippen LogP contribution >= 0.6 is 23.4 Å². The number of piperidine rings is 1. The fourth-order valence-corrected chi connectivity index (χ4v) is 4.39. The molecule has 2 saturated heterocycles. The number of thioether (sulfide) groups is 1. The Morgan fingerprint density at radius 2 is 2.05 bits per heavy atom. The van der Waals surface area contributed by atoms with E-state index in [1.165, 1.54) is 18.2 Å². The van der Waals surface area contributed by atoms with Crippen molar-refractivity contribution in [1.82, 2.24) is 10.2 Å². The van der Waals surface area contributed by atoms with Crippen LogP contribution in [0.15, 0.2) is 29.2 Å². The van der Waals surface area contributed by atoms with Gasteiger partial charge in [-0.15, -0.1) is 11.8 Å². The van der Waals surface area contributed by atoms with Gasteiger partial charge in [0.2, 0.25) is 5.91 Å². The third-order valence-electron chi connectivity index (χ3n) is 4.70. The number of carbonyl (C=O) groups is 1. The smallest absolute Gasteiger partial charge is 0.232 e. The second kappa shape index (κ2) is 6.59. The van der Waals surface area contributed by atoms with E-state index in [0.29, 0.717) is 11.2 Å². The molecule has 1 spiro atoms. The molecule has 3 nitrogen and oxygen atoms in total. The van der Waals surface area contributed by atoms with Crippen LogP contribution in [0, 0.1) is 5.41 Å². The molecular weight excluding hydrogens is 304 g/mol. The maximum absolute atomic E-state index is 12.3. The van der Waals surface area contributed by atoms with Crippen molar-refractivity contribution in [3.8, 4) is 0 Å². The molecule has 0 bridgehead atoms. The lowest BCUT2D eigenvalue weighted by molar-refractivity contribution is -0.130. The third kappa shape index (κ3) is 3.55. The lowest BCUT2D eigenvalue weighted by Gasteiger charge is -2.38. The van der Waals surface area contributed by atoms with Crippen molar-refractivity contribution in [2.24, 2.45) is 5.41 Å². The monoisotopic (exact) mass is 324 g/mol. The van der Waals surface area contributed by atoms with E-state index in [4.69, 9.17) is 11.6 Å². The molecule has 0 atom stereocenters. The number of benzene rings is 1. The van der Waals surface area contributed by atoms with E-state index in [-0.39, 0.29) is 5.91 Å². The molecule has 5 heteroatoms. The summed E-state index contributed by atoms with van der Waals surface area (Å²) in [5.74, 6) is 0.718. The van der Waals surface area contributed by atoms with Gasteiger partial charge >= 0.3 is 0 Å². The second-order valence-electron chi connectivity index (χ2n) is 6.03. The Kier molecular flexibility index (Phi) is 4.77. The van der Waals surface area contributed by atoms with Crippen LogP contribution in [-0.4, -0.2) is 42.7 Å². The first kappa shape index (κ1) is 15.2. The Bertz CT molecular complexity index is 507. The molecular formula is C16H21ClN2OS. The standard InChI is InChI=1S/C16H21ClN2OS/c17-13-3-1-2-4-14(13)21-11-15(20)19-9-6-16(7-10-19)5-8-18-12-16/h1-4,18H,5-12H2. The number of hydrogen-bond acceptors (Lipinski definition) is 3. The molecule has 2 heterocycles. The van der Waals surface area contributed by atoms with Gasteiger partial charge in [0.15, 0.2) is 0 Å². The van der Waals surface area contributed by atoms with Crippen molar-refractivity contribution in [2.45, 2.75) is 24.2 Å². The summed E-state index contributed by atoms with van der Waals surface area (Å²) in [6.45, 7) is 4.08. The quantitative estimate of drug-likeness (QED) is 0.867. The number of amides is 1. The van der Waals surface area contributed by atoms with Crippen LogP contribution in [-0.2, 0) is 4.79 Å². The van der Waals surface area contributed by atoms with E-state index in [1.807, 2.05) is 29.2 Å². The van der Waals surface area contributed by atoms with Gasteiger partial charge < -0.3 is 10.2 Å². The average Bonchev–Trinajstić information content (AvgIpc) is 2.95. The summed E-state index contributed by atoms with van der Waals surface area (Å²) < 4.78 is 0. The second-order valence-corrected chi connectivity index (χ2v) is 7.45. The summed E-state index contributed by atoms with van der Waals surface area (Å²) >= 11 is 7.66. The van der Waals surface area contributed by atoms with Crippen molar-refractivity contribution in [2.75, 3.05) is 31.9 Å². The van der Waals surface area contributed by atoms with Gasteiger partial charge in [-0.2, -0.15) is 0 Å². The fraction of sp³-hybridized carbons (Fsp3) is 0.562. The first-order chi connectivity index (χ1) is 10.2. The molecule has 1 aromatic carbocycles. The molecule has 1 aromatic rings. The Morgan fingerprint density at radius 3 is 2.71 bits per heavy atom. The van der Waals surface area contributed by atoms with Crippen molar-refractivity contribution in [3.05, 3.63) is 29.3 Å². The largest absolute Gasteiger partial charge is 0.342 e. The third-order valence-corrected chi connectivity index (χ3v) is 6.20. The minimum absolute atomic E-state index is 0.237. The zero-order valence-electron chi connectivity index (χ0n) is 12.1. The molecule has 1 amide bonds. The summed E-state index contributed by atoms with van der Waals surface area (Å²) in [5.41, 5.74) is 0.465. The summed E-state index contributed by atoms with van der Waals surface area (Å²) in [6, 6.07) is 7.70. The fourth-order valence-electron chi connectivity index (χ4n) is 3.25. The molecule has 21 heavy (non-hydrogen) atoms. The average molecular weight is 325 g/mol. The highest BCUT2D eigenvalue weighted by Crippen LogP contribution is 2.37. The summed E-state index contributed by atoms with van der Waals surface area (Å²) in [4.78, 5) is 15.3. The SMILES string of the molecule is O=C(CSc1ccccc1Cl)N1CCC2(CCNC2)CC1. The van der Waals surface area contributed by atoms with E-state index in [2.05, 4.69) is 5.32 Å². The maximum atomic E-state index is 12.3. The highest BCUT2D eigenvalue weighted by Gasteiger charge is 2.37. The molecule has 114 valence electrons. The van der Waals surface area contributed by atoms with Crippen molar-refractivity contribution >= 4 is 29.3 Å². The first-order valence-corrected chi connectivity index (χ1v) is 8.91. The molecule has 2 fully saturated rings. The normalized spacial score (nSPS) is 20.9. The number of rotatable bonds is 3. The topological polar surface area (TPSA) is 32.3 Å². The predicted octanol–water partition coefficient (Wildman–Crippen LogP) is 3.03. The molecule has 2 aliphatic heterocycles. The lowest BCUT2D eigenvalue weighted by Crippen LogP contribution is -2.44. The molecule has 2 aliphatic rings. The molecule has 0 aromatic heterocycles. The van der Waals surface area contributed by atoms with Crippen LogP contribution in [0.25, 0.3) is 0 Å². The van der Waals surface area contributed by atoms with E-state index >= 15 is 0 Å². The Balaban J connectivity index is 1.49. The van der Waals surface area contributed by atoms with Gasteiger partial charge in [-0.1, -0.05) is 23.7 Å². The zero-order valence-corrected chi connectivity index (χ0v) is 13.7. The number of hydrogen-bond donors (Lipinski definition) is 1. The highest BCUT2D eigenvalue weighted by molar-refractivity contribution is 8.00. The van der Waals surface area contributed by atoms with Crippen LogP contribution < -0.4 is 5.32 Å². The molecule has 1 N–H and O–H groups in total. The minimum Gasteiger partial charge on any atom is -0.342 e. The number of carbonyl (C=O) groups excluding carboxylic acids is 1. The molecule has 3 rings (SSSR count). The maximum Gasteiger partial charge on any atom is 0.232 e. The number of nitrogens with zero attached hydrogens (tertiary/aromatic N) is 1. The van der Waals surface area contributed by atoms with Gasteiger partial charge in [-0.25, -0.2) is 0 Å². The van der Waals surface area contributed by atoms with Crippen LogP contribution in [0.2, 0.25) is 5.02 Å². The molecule has 0 aliphatic carbocycles. The predicted molar refractivity (Wildman–Crippen MR) is 87.9 cm³/mol. The van der Waals surface area contributed by atoms with Gasteiger partial charge in [0.05, 0.1) is 10.8 Å². The van der Waals surface area contributed by atoms with E-state index in [0.717, 1.165) is 48.9 Å². The van der Waals surface area contributed by atoms with Gasteiger partial charge in [0.1, 0.15) is 0 Å². The van der Waals surface area contributed by atoms with Gasteiger partial charge in [-0.05, 0) is 43.4 Å². The van der Waals surface area contributed by atoms with Crippen LogP contribution in [0.1, 0.15) is 19.3 Å². The van der Waals surface area contributed by atoms with Gasteiger partial charge in [0, 0.05) is 24.5 Å². The van der Waals surface area contributed by atoms with Crippen LogP contribution in [0.4, 0.5) is 0 Å². The van der Waals surface area contributed by atoms with Crippen molar-refractivity contribution in [3.63, 3.8) is 0 Å². The van der Waals surface area contributed by atoms with E-state index in [9.17, 15) is 4.79 Å². The minimum atomic E-state index is 0.237. The van der Waals surface area contributed by atoms with Gasteiger partial charge in [-0.3, -0.25) is 4.79 Å². The van der Waals surface area contributed by atoms with Crippen LogP contribution in [0.5, 0.6) is 0 Å². The first-order valence-electron chi connectivity index (χ1n) is 7.54. The lowest BCUT2D eigenvalue weighted by atomic mass is 9.78.